The molecule has 0 atom stereocenters. The lowest BCUT2D eigenvalue weighted by atomic mass is 9.88. The minimum Gasteiger partial charge on any atom is -0.265 e. The molecule has 0 aromatic heterocycles. The van der Waals surface area contributed by atoms with E-state index in [1.165, 1.54) is 16.2 Å². The predicted octanol–water partition coefficient (Wildman–Crippen LogP) is 5.05. The maximum atomic E-state index is 4.50. The van der Waals surface area contributed by atoms with Crippen LogP contribution < -0.4 is 0 Å². The van der Waals surface area contributed by atoms with Crippen molar-refractivity contribution in [1.82, 2.24) is 0 Å². The monoisotopic (exact) mass is 239 g/mol. The highest BCUT2D eigenvalue weighted by molar-refractivity contribution is 8.03. The topological polar surface area (TPSA) is 12.4 Å². The van der Waals surface area contributed by atoms with Crippen LogP contribution in [0, 0.1) is 5.41 Å². The highest BCUT2D eigenvalue weighted by Gasteiger charge is 2.11. The molecule has 0 aromatic rings. The lowest BCUT2D eigenvalue weighted by Gasteiger charge is -2.18. The largest absolute Gasteiger partial charge is 0.265 e. The quantitative estimate of drug-likeness (QED) is 0.625. The summed E-state index contributed by atoms with van der Waals surface area (Å²) < 4.78 is 0. The first-order chi connectivity index (χ1) is 7.27. The van der Waals surface area contributed by atoms with Gasteiger partial charge >= 0.3 is 0 Å². The first-order valence-electron chi connectivity index (χ1n) is 5.73. The summed E-state index contributed by atoms with van der Waals surface area (Å²) in [5.41, 5.74) is 2.71. The van der Waals surface area contributed by atoms with E-state index < -0.39 is 0 Å². The van der Waals surface area contributed by atoms with Gasteiger partial charge in [-0.15, -0.1) is 11.8 Å². The number of hydrogen-bond donors (Lipinski definition) is 0. The van der Waals surface area contributed by atoms with Crippen LogP contribution >= 0.6 is 11.8 Å². The van der Waals surface area contributed by atoms with Crippen molar-refractivity contribution in [3.63, 3.8) is 0 Å². The number of aliphatic imine (C=N–C) groups is 1. The molecule has 0 fully saturated rings. The summed E-state index contributed by atoms with van der Waals surface area (Å²) in [6, 6.07) is 0. The van der Waals surface area contributed by atoms with Crippen molar-refractivity contribution in [3.8, 4) is 0 Å². The van der Waals surface area contributed by atoms with E-state index in [1.807, 2.05) is 18.0 Å². The molecule has 2 heteroatoms. The lowest BCUT2D eigenvalue weighted by molar-refractivity contribution is 0.502. The van der Waals surface area contributed by atoms with E-state index in [2.05, 4.69) is 59.5 Å². The van der Waals surface area contributed by atoms with Crippen molar-refractivity contribution in [1.29, 1.82) is 0 Å². The minimum absolute atomic E-state index is 0.218. The third kappa shape index (κ3) is 6.89. The van der Waals surface area contributed by atoms with Crippen molar-refractivity contribution in [2.45, 2.75) is 48.5 Å². The Morgan fingerprint density at radius 3 is 2.19 bits per heavy atom. The van der Waals surface area contributed by atoms with Gasteiger partial charge in [-0.25, -0.2) is 0 Å². The summed E-state index contributed by atoms with van der Waals surface area (Å²) in [5.74, 6) is 0.976. The Balaban J connectivity index is 4.35. The maximum absolute atomic E-state index is 4.50. The molecule has 16 heavy (non-hydrogen) atoms. The summed E-state index contributed by atoms with van der Waals surface area (Å²) in [6.07, 6.45) is 4.13. The zero-order chi connectivity index (χ0) is 12.8. The first-order valence-corrected chi connectivity index (χ1v) is 6.72. The second-order valence-electron chi connectivity index (χ2n) is 5.11. The van der Waals surface area contributed by atoms with Gasteiger partial charge in [-0.3, -0.25) is 4.99 Å². The van der Waals surface area contributed by atoms with Crippen molar-refractivity contribution in [3.05, 3.63) is 22.8 Å². The van der Waals surface area contributed by atoms with Gasteiger partial charge in [0.05, 0.1) is 0 Å². The summed E-state index contributed by atoms with van der Waals surface area (Å²) in [4.78, 5) is 5.86. The number of allylic oxidation sites excluding steroid dienone is 3. The molecule has 0 saturated heterocycles. The Hall–Kier alpha value is -0.500. The van der Waals surface area contributed by atoms with Crippen molar-refractivity contribution < 1.29 is 0 Å². The SMILES string of the molecule is C/C=C(\C)SCC(C)=N/C=C(\C)C(C)(C)C. The molecule has 0 aliphatic rings. The number of thioether (sulfide) groups is 1. The Morgan fingerprint density at radius 2 is 1.75 bits per heavy atom. The van der Waals surface area contributed by atoms with Crippen LogP contribution in [0.15, 0.2) is 27.7 Å². The van der Waals surface area contributed by atoms with Crippen LogP contribution in [0.4, 0.5) is 0 Å². The summed E-state index contributed by atoms with van der Waals surface area (Å²) in [5, 5.41) is 0. The van der Waals surface area contributed by atoms with E-state index >= 15 is 0 Å². The standard InChI is InChI=1S/C14H25NS/c1-8-13(4)16-10-12(3)15-9-11(2)14(5,6)7/h8-9H,10H2,1-7H3/b11-9+,13-8+,15-12?. The third-order valence-electron chi connectivity index (χ3n) is 2.58. The minimum atomic E-state index is 0.218. The Morgan fingerprint density at radius 1 is 1.19 bits per heavy atom. The van der Waals surface area contributed by atoms with E-state index in [9.17, 15) is 0 Å². The second kappa shape index (κ2) is 6.95. The predicted molar refractivity (Wildman–Crippen MR) is 78.2 cm³/mol. The van der Waals surface area contributed by atoms with Gasteiger partial charge in [0.2, 0.25) is 0 Å². The van der Waals surface area contributed by atoms with Gasteiger partial charge in [0.1, 0.15) is 0 Å². The molecule has 0 N–H and O–H groups in total. The molecular weight excluding hydrogens is 214 g/mol. The van der Waals surface area contributed by atoms with E-state index in [4.69, 9.17) is 0 Å². The molecular formula is C14H25NS. The molecule has 1 nitrogen and oxygen atoms in total. The van der Waals surface area contributed by atoms with Gasteiger partial charge in [0.25, 0.3) is 0 Å². The van der Waals surface area contributed by atoms with Gasteiger partial charge in [-0.2, -0.15) is 0 Å². The number of rotatable bonds is 4. The summed E-state index contributed by atoms with van der Waals surface area (Å²) in [7, 11) is 0. The molecule has 0 bridgehead atoms. The van der Waals surface area contributed by atoms with Crippen molar-refractivity contribution >= 4 is 17.5 Å². The van der Waals surface area contributed by atoms with Crippen molar-refractivity contribution in [2.24, 2.45) is 10.4 Å². The van der Waals surface area contributed by atoms with Crippen LogP contribution in [0.1, 0.15) is 48.5 Å². The van der Waals surface area contributed by atoms with Gasteiger partial charge in [0.15, 0.2) is 0 Å². The molecule has 0 aliphatic heterocycles. The molecule has 0 radical (unpaired) electrons. The Bertz CT molecular complexity index is 303. The number of hydrogen-bond acceptors (Lipinski definition) is 2. The van der Waals surface area contributed by atoms with E-state index in [0.717, 1.165) is 5.75 Å². The molecule has 0 rings (SSSR count). The fourth-order valence-corrected chi connectivity index (χ4v) is 1.42. The Labute approximate surface area is 105 Å². The summed E-state index contributed by atoms with van der Waals surface area (Å²) >= 11 is 1.84. The van der Waals surface area contributed by atoms with Crippen LogP contribution in [0.5, 0.6) is 0 Å². The van der Waals surface area contributed by atoms with Crippen LogP contribution in [0.2, 0.25) is 0 Å². The van der Waals surface area contributed by atoms with Crippen LogP contribution in [0.25, 0.3) is 0 Å². The number of nitrogens with zero attached hydrogens (tertiary/aromatic N) is 1. The Kier molecular flexibility index (Phi) is 6.73. The lowest BCUT2D eigenvalue weighted by Crippen LogP contribution is -2.06. The van der Waals surface area contributed by atoms with Gasteiger partial charge in [-0.1, -0.05) is 26.8 Å². The highest BCUT2D eigenvalue weighted by Crippen LogP contribution is 2.24. The zero-order valence-electron chi connectivity index (χ0n) is 11.7. The smallest absolute Gasteiger partial charge is 0.0359 e. The second-order valence-corrected chi connectivity index (χ2v) is 6.34. The molecule has 0 heterocycles. The average molecular weight is 239 g/mol. The van der Waals surface area contributed by atoms with E-state index in [-0.39, 0.29) is 5.41 Å². The average Bonchev–Trinajstić information content (AvgIpc) is 2.20. The van der Waals surface area contributed by atoms with Crippen LogP contribution in [-0.2, 0) is 0 Å². The van der Waals surface area contributed by atoms with Crippen LogP contribution in [0.3, 0.4) is 0 Å². The maximum Gasteiger partial charge on any atom is 0.0359 e. The molecule has 0 aliphatic carbocycles. The van der Waals surface area contributed by atoms with Gasteiger partial charge in [0, 0.05) is 17.7 Å². The van der Waals surface area contributed by atoms with Crippen LogP contribution in [-0.4, -0.2) is 11.5 Å². The molecule has 0 unspecified atom stereocenters. The van der Waals surface area contributed by atoms with Crippen molar-refractivity contribution in [2.75, 3.05) is 5.75 Å². The van der Waals surface area contributed by atoms with E-state index in [1.54, 1.807) is 0 Å². The first kappa shape index (κ1) is 15.5. The molecule has 0 spiro atoms. The fraction of sp³-hybridized carbons (Fsp3) is 0.643. The normalized spacial score (nSPS) is 15.6. The van der Waals surface area contributed by atoms with Gasteiger partial charge < -0.3 is 0 Å². The molecule has 0 aromatic carbocycles. The zero-order valence-corrected chi connectivity index (χ0v) is 12.5. The van der Waals surface area contributed by atoms with E-state index in [0.29, 0.717) is 0 Å². The fourth-order valence-electron chi connectivity index (χ4n) is 0.740. The molecule has 0 amide bonds. The van der Waals surface area contributed by atoms with Gasteiger partial charge in [-0.05, 0) is 43.6 Å². The third-order valence-corrected chi connectivity index (χ3v) is 3.83. The molecule has 0 saturated carbocycles. The summed E-state index contributed by atoms with van der Waals surface area (Å²) in [6.45, 7) is 15.1. The highest BCUT2D eigenvalue weighted by atomic mass is 32.2. The molecule has 92 valence electrons.